The van der Waals surface area contributed by atoms with Gasteiger partial charge >= 0.3 is 11.9 Å². The maximum atomic E-state index is 15.2. The van der Waals surface area contributed by atoms with Gasteiger partial charge < -0.3 is 117 Å². The Hall–Kier alpha value is -11.0. The van der Waals surface area contributed by atoms with Crippen LogP contribution in [0.2, 0.25) is 0 Å². The molecule has 2 saturated heterocycles. The van der Waals surface area contributed by atoms with Gasteiger partial charge in [0, 0.05) is 48.3 Å². The number of benzene rings is 1. The standard InChI is InChI=1S/C68H103N23O19S2/c1-31(2)23-40-57(100)85-49(33(5)6)62(105)87-50(34(7)93)60(103)77-27-47(97)80-42(65(109)110)30-111-112-68(8,9)52(84-44(94)20-19-39(64(107)108)82-55(98)35-15-17-37(18-16-35)90(10)28-36-24-75-54-51(78-36)53(69)88-67(72)89-54)63(106)91-22-12-14-43(91)59(102)81-38(13-11-21-73-66(70)71)56(99)76-25-45(95)74-26-46(96)79-41(29-92)58(101)86-48(32(3)4)61(104)83-40/h15-18,24,31-34,38-43,48-50,52,92-93H,11-14,19-23,25-30H2,1-10H3,(H,74,95)(H,76,99)(H,77,103)(H,79,96)(H,80,97)(H,81,102)(H,82,98)(H,83,104)(H,84,94)(H,85,100)(H,86,101)(H,87,105)(H,107,108)(H,109,110)(H4,70,71,73)(H4,69,72,75,88,89)/t34-,38-,39-,40-,41-,42-,43-,48-,49-,50-,52+/m0/s1. The summed E-state index contributed by atoms with van der Waals surface area (Å²) in [5, 5.41) is 70.8. The summed E-state index contributed by atoms with van der Waals surface area (Å²) in [5.74, 6) is -18.1. The highest BCUT2D eigenvalue weighted by atomic mass is 33.1. The zero-order valence-electron chi connectivity index (χ0n) is 63.7. The molecule has 24 N–H and O–H groups in total. The Morgan fingerprint density at radius 1 is 0.714 bits per heavy atom. The Balaban J connectivity index is 1.43. The van der Waals surface area contributed by atoms with Crippen molar-refractivity contribution in [2.45, 2.75) is 185 Å². The van der Waals surface area contributed by atoms with Gasteiger partial charge in [0.2, 0.25) is 76.8 Å². The number of aromatic nitrogens is 4. The van der Waals surface area contributed by atoms with E-state index in [-0.39, 0.29) is 92.1 Å². The van der Waals surface area contributed by atoms with Gasteiger partial charge in [-0.2, -0.15) is 9.97 Å². The number of guanidine groups is 1. The average molecular weight is 1610 g/mol. The van der Waals surface area contributed by atoms with Crippen molar-refractivity contribution in [3.63, 3.8) is 0 Å². The van der Waals surface area contributed by atoms with Gasteiger partial charge in [-0.15, -0.1) is 0 Å². The molecule has 2 aliphatic rings. The number of rotatable bonds is 21. The van der Waals surface area contributed by atoms with Crippen LogP contribution in [-0.4, -0.2) is 263 Å². The summed E-state index contributed by atoms with van der Waals surface area (Å²) in [6, 6.07) is -9.54. The van der Waals surface area contributed by atoms with E-state index >= 15 is 4.79 Å². The molecule has 0 radical (unpaired) electrons. The van der Waals surface area contributed by atoms with E-state index < -0.39 is 217 Å². The minimum Gasteiger partial charge on any atom is -0.480 e. The van der Waals surface area contributed by atoms with Gasteiger partial charge in [0.25, 0.3) is 5.91 Å². The Kier molecular flexibility index (Phi) is 35.1. The van der Waals surface area contributed by atoms with E-state index in [9.17, 15) is 87.5 Å². The lowest BCUT2D eigenvalue weighted by atomic mass is 9.98. The Morgan fingerprint density at radius 3 is 1.90 bits per heavy atom. The first kappa shape index (κ1) is 91.6. The van der Waals surface area contributed by atoms with Crippen LogP contribution in [0.3, 0.4) is 0 Å². The van der Waals surface area contributed by atoms with Crippen molar-refractivity contribution in [1.29, 1.82) is 0 Å². The second kappa shape index (κ2) is 43.0. The highest BCUT2D eigenvalue weighted by Gasteiger charge is 2.46. The number of aliphatic hydroxyl groups excluding tert-OH is 2. The van der Waals surface area contributed by atoms with Gasteiger partial charge in [0.15, 0.2) is 22.9 Å². The molecule has 5 rings (SSSR count). The molecule has 13 amide bonds. The van der Waals surface area contributed by atoms with Gasteiger partial charge in [0.1, 0.15) is 60.4 Å². The third kappa shape index (κ3) is 28.1. The lowest BCUT2D eigenvalue weighted by Gasteiger charge is -2.37. The predicted molar refractivity (Wildman–Crippen MR) is 409 cm³/mol. The third-order valence-corrected chi connectivity index (χ3v) is 20.9. The zero-order chi connectivity index (χ0) is 83.6. The number of anilines is 3. The number of aliphatic carboxylic acids is 2. The smallest absolute Gasteiger partial charge is 0.327 e. The summed E-state index contributed by atoms with van der Waals surface area (Å²) >= 11 is 0. The first-order chi connectivity index (χ1) is 52.6. The van der Waals surface area contributed by atoms with Crippen LogP contribution in [0.25, 0.3) is 11.2 Å². The topological polar surface area (TPSA) is 656 Å². The highest BCUT2D eigenvalue weighted by Crippen LogP contribution is 2.40. The fourth-order valence-electron chi connectivity index (χ4n) is 11.5. The number of carbonyl (C=O) groups excluding carboxylic acids is 13. The van der Waals surface area contributed by atoms with Gasteiger partial charge in [-0.25, -0.2) is 19.6 Å². The van der Waals surface area contributed by atoms with E-state index in [1.54, 1.807) is 65.6 Å². The van der Waals surface area contributed by atoms with Gasteiger partial charge in [-0.3, -0.25) is 67.3 Å². The summed E-state index contributed by atoms with van der Waals surface area (Å²) < 4.78 is -1.53. The number of nitrogens with zero attached hydrogens (tertiary/aromatic N) is 7. The van der Waals surface area contributed by atoms with E-state index in [0.717, 1.165) is 33.4 Å². The van der Waals surface area contributed by atoms with Crippen LogP contribution in [0.5, 0.6) is 0 Å². The van der Waals surface area contributed by atoms with Crippen molar-refractivity contribution >= 4 is 145 Å². The van der Waals surface area contributed by atoms with E-state index in [0.29, 0.717) is 11.4 Å². The summed E-state index contributed by atoms with van der Waals surface area (Å²) in [5.41, 5.74) is 24.3. The summed E-state index contributed by atoms with van der Waals surface area (Å²) in [6.45, 7) is 10.3. The fraction of sp³-hybridized carbons (Fsp3) is 0.588. The first-order valence-corrected chi connectivity index (χ1v) is 38.2. The molecule has 0 unspecified atom stereocenters. The number of carboxylic acids is 2. The molecule has 2 aromatic heterocycles. The van der Waals surface area contributed by atoms with Crippen LogP contribution >= 0.6 is 21.6 Å². The molecule has 44 heteroatoms. The molecule has 0 saturated carbocycles. The van der Waals surface area contributed by atoms with Crippen LogP contribution < -0.4 is 91.6 Å². The molecule has 616 valence electrons. The molecule has 3 aromatic rings. The van der Waals surface area contributed by atoms with Crippen molar-refractivity contribution in [2.24, 2.45) is 34.2 Å². The molecule has 11 atom stereocenters. The van der Waals surface area contributed by atoms with Crippen molar-refractivity contribution in [3.8, 4) is 0 Å². The fourth-order valence-corrected chi connectivity index (χ4v) is 14.3. The first-order valence-electron chi connectivity index (χ1n) is 35.9. The van der Waals surface area contributed by atoms with Crippen molar-refractivity contribution in [1.82, 2.24) is 88.6 Å². The molecule has 112 heavy (non-hydrogen) atoms. The number of amides is 13. The lowest BCUT2D eigenvalue weighted by Crippen LogP contribution is -2.62. The Bertz CT molecular complexity index is 3940. The van der Waals surface area contributed by atoms with Gasteiger partial charge in [0.05, 0.1) is 50.8 Å². The second-order valence-electron chi connectivity index (χ2n) is 28.3. The average Bonchev–Trinajstić information content (AvgIpc) is 1.40. The molecule has 0 aliphatic carbocycles. The number of nitrogen functional groups attached to an aromatic ring is 2. The molecule has 2 fully saturated rings. The molecule has 0 bridgehead atoms. The number of nitrogens with two attached hydrogens (primary N) is 4. The normalized spacial score (nSPS) is 22.9. The number of carboxylic acid groups (broad SMARTS) is 2. The number of nitrogens with one attached hydrogen (secondary N) is 12. The molecule has 1 aromatic carbocycles. The molecule has 2 aliphatic heterocycles. The Labute approximate surface area is 652 Å². The Morgan fingerprint density at radius 2 is 1.30 bits per heavy atom. The van der Waals surface area contributed by atoms with Crippen molar-refractivity contribution in [3.05, 3.63) is 41.7 Å². The monoisotopic (exact) mass is 1610 g/mol. The maximum Gasteiger partial charge on any atom is 0.327 e. The van der Waals surface area contributed by atoms with Crippen molar-refractivity contribution < 1.29 is 92.3 Å². The lowest BCUT2D eigenvalue weighted by molar-refractivity contribution is -0.143. The SMILES string of the molecule is CC(C)C[C@@H]1NC(=O)[C@H](C(C)C)NC(=O)[C@H](CO)NC(=O)CNC(=O)CNC(=O)[C@H](CCCN=C(N)N)NC(=O)[C@@H]2CCCN2C(=O)[C@@H](NC(=O)CC[C@H](NC(=O)c2ccc(N(C)Cc3cnc4nc(N)nc(N)c4n3)cc2)C(=O)O)C(C)(C)SSC[C@@H](C(=O)O)NC(=O)CNC(=O)[C@H]([C@H](C)O)NC(=O)[C@H](C(C)C)NC1=O. The quantitative estimate of drug-likeness (QED) is 0.0205. The highest BCUT2D eigenvalue weighted by molar-refractivity contribution is 8.77. The zero-order valence-corrected chi connectivity index (χ0v) is 65.4. The number of aliphatic imine (C=N–C) groups is 1. The van der Waals surface area contributed by atoms with Crippen LogP contribution in [0.4, 0.5) is 17.5 Å². The van der Waals surface area contributed by atoms with Gasteiger partial charge in [-0.1, -0.05) is 63.1 Å². The molecular weight excluding hydrogens is 1510 g/mol. The van der Waals surface area contributed by atoms with Crippen LogP contribution in [0, 0.1) is 17.8 Å². The minimum absolute atomic E-state index is 0.00567. The van der Waals surface area contributed by atoms with E-state index in [1.165, 1.54) is 32.2 Å². The third-order valence-electron chi connectivity index (χ3n) is 17.6. The summed E-state index contributed by atoms with van der Waals surface area (Å²) in [4.78, 5) is 230. The molecule has 4 heterocycles. The summed E-state index contributed by atoms with van der Waals surface area (Å²) in [7, 11) is 3.39. The molecule has 42 nitrogen and oxygen atoms in total. The molecule has 0 spiro atoms. The van der Waals surface area contributed by atoms with E-state index in [4.69, 9.17) is 22.9 Å². The number of fused-ring (bicyclic) bond motifs is 2. The second-order valence-corrected chi connectivity index (χ2v) is 31.3. The number of hydrogen-bond acceptors (Lipinski definition) is 27. The van der Waals surface area contributed by atoms with Gasteiger partial charge in [-0.05, 0) is 101 Å². The van der Waals surface area contributed by atoms with E-state index in [1.807, 2.05) is 0 Å². The van der Waals surface area contributed by atoms with Crippen LogP contribution in [0.1, 0.15) is 123 Å². The number of hydrogen-bond donors (Lipinski definition) is 20. The molecular formula is C68H103N23O19S2. The number of aliphatic hydroxyl groups is 2. The van der Waals surface area contributed by atoms with Crippen LogP contribution in [-0.2, 0) is 73.7 Å². The number of carbonyl (C=O) groups is 15. The predicted octanol–water partition coefficient (Wildman–Crippen LogP) is -5.56. The maximum absolute atomic E-state index is 15.2. The summed E-state index contributed by atoms with van der Waals surface area (Å²) in [6.07, 6.45) is -1.28. The van der Waals surface area contributed by atoms with Crippen molar-refractivity contribution in [2.75, 3.05) is 68.5 Å². The van der Waals surface area contributed by atoms with Crippen LogP contribution in [0.15, 0.2) is 35.5 Å². The van der Waals surface area contributed by atoms with E-state index in [2.05, 4.69) is 88.7 Å². The minimum atomic E-state index is -1.79. The largest absolute Gasteiger partial charge is 0.480 e.